The van der Waals surface area contributed by atoms with Crippen molar-refractivity contribution in [3.63, 3.8) is 0 Å². The van der Waals surface area contributed by atoms with Gasteiger partial charge in [-0.1, -0.05) is 11.6 Å². The Labute approximate surface area is 145 Å². The number of nitrogens with zero attached hydrogens (tertiary/aromatic N) is 1. The number of benzene rings is 1. The number of rotatable bonds is 5. The van der Waals surface area contributed by atoms with Crippen LogP contribution in [-0.2, 0) is 17.9 Å². The average molecular weight is 336 g/mol. The molecular weight excluding hydrogens is 316 g/mol. The summed E-state index contributed by atoms with van der Waals surface area (Å²) in [5.74, 6) is 0.916. The minimum absolute atomic E-state index is 0.0942. The van der Waals surface area contributed by atoms with Crippen LogP contribution in [0.3, 0.4) is 0 Å². The molecule has 3 aromatic rings. The number of aromatic amines is 1. The van der Waals surface area contributed by atoms with Crippen LogP contribution in [-0.4, -0.2) is 15.8 Å². The third-order valence-corrected chi connectivity index (χ3v) is 4.60. The van der Waals surface area contributed by atoms with Crippen molar-refractivity contribution in [3.8, 4) is 0 Å². The number of furan rings is 1. The molecule has 1 aliphatic carbocycles. The van der Waals surface area contributed by atoms with Gasteiger partial charge in [0.25, 0.3) is 5.56 Å². The van der Waals surface area contributed by atoms with E-state index in [0.717, 1.165) is 35.1 Å². The zero-order valence-electron chi connectivity index (χ0n) is 14.1. The fourth-order valence-electron chi connectivity index (χ4n) is 3.09. The minimum atomic E-state index is -0.149. The van der Waals surface area contributed by atoms with Crippen LogP contribution in [0.5, 0.6) is 0 Å². The highest BCUT2D eigenvalue weighted by Gasteiger charge is 2.34. The van der Waals surface area contributed by atoms with Gasteiger partial charge in [0.05, 0.1) is 19.4 Å². The Balaban J connectivity index is 1.66. The largest absolute Gasteiger partial charge is 0.467 e. The second-order valence-corrected chi connectivity index (χ2v) is 6.76. The molecule has 0 atom stereocenters. The SMILES string of the molecule is Cc1ccc2[nH]c(=O)c(CN(Cc3ccco3)C(=O)C3CC3)cc2c1. The lowest BCUT2D eigenvalue weighted by Crippen LogP contribution is -2.33. The van der Waals surface area contributed by atoms with E-state index >= 15 is 0 Å². The summed E-state index contributed by atoms with van der Waals surface area (Å²) in [6, 6.07) is 11.5. The first kappa shape index (κ1) is 15.7. The Morgan fingerprint density at radius 2 is 2.08 bits per heavy atom. The first-order chi connectivity index (χ1) is 12.1. The van der Waals surface area contributed by atoms with Crippen molar-refractivity contribution in [2.75, 3.05) is 0 Å². The molecule has 1 amide bonds. The molecule has 0 unspecified atom stereocenters. The monoisotopic (exact) mass is 336 g/mol. The van der Waals surface area contributed by atoms with Gasteiger partial charge in [-0.2, -0.15) is 0 Å². The molecule has 1 N–H and O–H groups in total. The number of aryl methyl sites for hydroxylation is 1. The molecule has 5 heteroatoms. The average Bonchev–Trinajstić information content (AvgIpc) is 3.32. The molecule has 1 fully saturated rings. The van der Waals surface area contributed by atoms with Gasteiger partial charge in [-0.25, -0.2) is 0 Å². The smallest absolute Gasteiger partial charge is 0.253 e. The maximum Gasteiger partial charge on any atom is 0.253 e. The van der Waals surface area contributed by atoms with Crippen molar-refractivity contribution in [2.45, 2.75) is 32.9 Å². The zero-order chi connectivity index (χ0) is 17.4. The Bertz CT molecular complexity index is 968. The van der Waals surface area contributed by atoms with Gasteiger partial charge in [-0.05, 0) is 55.5 Å². The Morgan fingerprint density at radius 1 is 1.24 bits per heavy atom. The Hall–Kier alpha value is -2.82. The van der Waals surface area contributed by atoms with Crippen molar-refractivity contribution in [2.24, 2.45) is 5.92 Å². The van der Waals surface area contributed by atoms with E-state index < -0.39 is 0 Å². The molecule has 0 bridgehead atoms. The number of H-pyrrole nitrogens is 1. The van der Waals surface area contributed by atoms with E-state index in [0.29, 0.717) is 12.1 Å². The first-order valence-electron chi connectivity index (χ1n) is 8.54. The van der Waals surface area contributed by atoms with Gasteiger partial charge in [0.1, 0.15) is 5.76 Å². The molecule has 1 aromatic carbocycles. The third kappa shape index (κ3) is 3.36. The first-order valence-corrected chi connectivity index (χ1v) is 8.54. The fraction of sp³-hybridized carbons (Fsp3) is 0.300. The second-order valence-electron chi connectivity index (χ2n) is 6.76. The van der Waals surface area contributed by atoms with Crippen molar-refractivity contribution < 1.29 is 9.21 Å². The van der Waals surface area contributed by atoms with E-state index in [4.69, 9.17) is 4.42 Å². The number of hydrogen-bond donors (Lipinski definition) is 1. The summed E-state index contributed by atoms with van der Waals surface area (Å²) in [5, 5.41) is 0.978. The summed E-state index contributed by atoms with van der Waals surface area (Å²) in [6.07, 6.45) is 3.46. The van der Waals surface area contributed by atoms with Crippen molar-refractivity contribution in [1.82, 2.24) is 9.88 Å². The maximum atomic E-state index is 12.6. The minimum Gasteiger partial charge on any atom is -0.467 e. The highest BCUT2D eigenvalue weighted by Crippen LogP contribution is 2.32. The number of fused-ring (bicyclic) bond motifs is 1. The lowest BCUT2D eigenvalue weighted by atomic mass is 10.1. The predicted molar refractivity (Wildman–Crippen MR) is 95.0 cm³/mol. The third-order valence-electron chi connectivity index (χ3n) is 4.60. The van der Waals surface area contributed by atoms with Crippen molar-refractivity contribution >= 4 is 16.8 Å². The maximum absolute atomic E-state index is 12.6. The quantitative estimate of drug-likeness (QED) is 0.777. The lowest BCUT2D eigenvalue weighted by molar-refractivity contribution is -0.134. The fourth-order valence-corrected chi connectivity index (χ4v) is 3.09. The van der Waals surface area contributed by atoms with Crippen molar-refractivity contribution in [1.29, 1.82) is 0 Å². The number of amides is 1. The second kappa shape index (κ2) is 6.24. The Kier molecular flexibility index (Phi) is 3.92. The van der Waals surface area contributed by atoms with E-state index in [-0.39, 0.29) is 23.9 Å². The van der Waals surface area contributed by atoms with Gasteiger partial charge in [-0.15, -0.1) is 0 Å². The number of aromatic nitrogens is 1. The molecule has 0 aliphatic heterocycles. The van der Waals surface area contributed by atoms with Gasteiger partial charge >= 0.3 is 0 Å². The van der Waals surface area contributed by atoms with E-state index in [1.165, 1.54) is 0 Å². The molecule has 1 saturated carbocycles. The van der Waals surface area contributed by atoms with Crippen LogP contribution in [0.2, 0.25) is 0 Å². The van der Waals surface area contributed by atoms with Crippen molar-refractivity contribution in [3.05, 3.63) is 69.9 Å². The van der Waals surface area contributed by atoms with E-state index in [1.54, 1.807) is 17.2 Å². The predicted octanol–water partition coefficient (Wildman–Crippen LogP) is 3.37. The molecule has 5 nitrogen and oxygen atoms in total. The molecule has 128 valence electrons. The van der Waals surface area contributed by atoms with Crippen LogP contribution in [0.4, 0.5) is 0 Å². The van der Waals surface area contributed by atoms with Gasteiger partial charge in [0.2, 0.25) is 5.91 Å². The van der Waals surface area contributed by atoms with Gasteiger partial charge < -0.3 is 14.3 Å². The summed E-state index contributed by atoms with van der Waals surface area (Å²) in [6.45, 7) is 2.69. The van der Waals surface area contributed by atoms with Crippen LogP contribution >= 0.6 is 0 Å². The van der Waals surface area contributed by atoms with E-state index in [1.807, 2.05) is 37.3 Å². The van der Waals surface area contributed by atoms with Crippen LogP contribution in [0.25, 0.3) is 10.9 Å². The van der Waals surface area contributed by atoms with Crippen LogP contribution in [0.1, 0.15) is 29.7 Å². The number of pyridine rings is 1. The summed E-state index contributed by atoms with van der Waals surface area (Å²) in [5.41, 5.74) is 2.39. The molecule has 25 heavy (non-hydrogen) atoms. The molecule has 0 saturated heterocycles. The Morgan fingerprint density at radius 3 is 2.80 bits per heavy atom. The summed E-state index contributed by atoms with van der Waals surface area (Å²) < 4.78 is 5.39. The standard InChI is InChI=1S/C20H20N2O3/c1-13-4-7-18-15(9-13)10-16(19(23)21-18)11-22(20(24)14-5-6-14)12-17-3-2-8-25-17/h2-4,7-10,14H,5-6,11-12H2,1H3,(H,21,23). The van der Waals surface area contributed by atoms with Gasteiger partial charge in [0.15, 0.2) is 0 Å². The van der Waals surface area contributed by atoms with Crippen LogP contribution in [0, 0.1) is 12.8 Å². The molecule has 2 heterocycles. The zero-order valence-corrected chi connectivity index (χ0v) is 14.1. The van der Waals surface area contributed by atoms with E-state index in [2.05, 4.69) is 4.98 Å². The normalized spacial score (nSPS) is 14.0. The number of nitrogens with one attached hydrogen (secondary N) is 1. The molecule has 4 rings (SSSR count). The number of hydrogen-bond acceptors (Lipinski definition) is 3. The number of carbonyl (C=O) groups is 1. The van der Waals surface area contributed by atoms with Crippen LogP contribution in [0.15, 0.2) is 51.9 Å². The van der Waals surface area contributed by atoms with Gasteiger partial charge in [-0.3, -0.25) is 9.59 Å². The highest BCUT2D eigenvalue weighted by molar-refractivity contribution is 5.82. The molecular formula is C20H20N2O3. The van der Waals surface area contributed by atoms with Crippen LogP contribution < -0.4 is 5.56 Å². The molecule has 0 spiro atoms. The topological polar surface area (TPSA) is 66.3 Å². The van der Waals surface area contributed by atoms with Gasteiger partial charge in [0, 0.05) is 17.0 Å². The summed E-state index contributed by atoms with van der Waals surface area (Å²) in [7, 11) is 0. The number of carbonyl (C=O) groups excluding carboxylic acids is 1. The lowest BCUT2D eigenvalue weighted by Gasteiger charge is -2.21. The molecule has 1 aliphatic rings. The summed E-state index contributed by atoms with van der Waals surface area (Å²) in [4.78, 5) is 29.7. The molecule has 0 radical (unpaired) electrons. The highest BCUT2D eigenvalue weighted by atomic mass is 16.3. The van der Waals surface area contributed by atoms with E-state index in [9.17, 15) is 9.59 Å². The summed E-state index contributed by atoms with van der Waals surface area (Å²) >= 11 is 0. The molecule has 2 aromatic heterocycles.